The lowest BCUT2D eigenvalue weighted by molar-refractivity contribution is -0.0108. The Bertz CT molecular complexity index is 408. The van der Waals surface area contributed by atoms with Gasteiger partial charge in [0, 0.05) is 18.7 Å². The second kappa shape index (κ2) is 5.52. The van der Waals surface area contributed by atoms with E-state index in [0.29, 0.717) is 25.6 Å². The van der Waals surface area contributed by atoms with Gasteiger partial charge in [-0.2, -0.15) is 0 Å². The Morgan fingerprint density at radius 2 is 2.29 bits per heavy atom. The normalized spacial score (nSPS) is 20.4. The third-order valence-corrected chi connectivity index (χ3v) is 3.32. The predicted octanol–water partition coefficient (Wildman–Crippen LogP) is 2.07. The first-order valence-corrected chi connectivity index (χ1v) is 6.28. The van der Waals surface area contributed by atoms with Gasteiger partial charge in [-0.05, 0) is 18.6 Å². The SMILES string of the molecule is Cc1ccccc1C(=O)N1CCOC(CCl)C1. The van der Waals surface area contributed by atoms with Crippen LogP contribution in [-0.4, -0.2) is 42.5 Å². The van der Waals surface area contributed by atoms with Crippen molar-refractivity contribution in [3.05, 3.63) is 35.4 Å². The summed E-state index contributed by atoms with van der Waals surface area (Å²) in [4.78, 5) is 14.1. The topological polar surface area (TPSA) is 29.5 Å². The number of alkyl halides is 1. The Morgan fingerprint density at radius 1 is 1.53 bits per heavy atom. The largest absolute Gasteiger partial charge is 0.373 e. The van der Waals surface area contributed by atoms with E-state index < -0.39 is 0 Å². The van der Waals surface area contributed by atoms with E-state index >= 15 is 0 Å². The van der Waals surface area contributed by atoms with Crippen LogP contribution < -0.4 is 0 Å². The Kier molecular flexibility index (Phi) is 4.02. The van der Waals surface area contributed by atoms with Crippen molar-refractivity contribution in [3.63, 3.8) is 0 Å². The van der Waals surface area contributed by atoms with Crippen molar-refractivity contribution in [1.29, 1.82) is 0 Å². The highest BCUT2D eigenvalue weighted by molar-refractivity contribution is 6.18. The van der Waals surface area contributed by atoms with Crippen LogP contribution in [0.1, 0.15) is 15.9 Å². The van der Waals surface area contributed by atoms with Crippen LogP contribution in [0.5, 0.6) is 0 Å². The second-order valence-electron chi connectivity index (χ2n) is 4.21. The molecule has 3 nitrogen and oxygen atoms in total. The summed E-state index contributed by atoms with van der Waals surface area (Å²) < 4.78 is 5.45. The number of hydrogen-bond acceptors (Lipinski definition) is 2. The van der Waals surface area contributed by atoms with Crippen LogP contribution in [-0.2, 0) is 4.74 Å². The van der Waals surface area contributed by atoms with Gasteiger partial charge in [0.05, 0.1) is 18.6 Å². The molecule has 1 aliphatic heterocycles. The number of hydrogen-bond donors (Lipinski definition) is 0. The van der Waals surface area contributed by atoms with Crippen molar-refractivity contribution in [1.82, 2.24) is 4.90 Å². The number of carbonyl (C=O) groups is 1. The quantitative estimate of drug-likeness (QED) is 0.756. The predicted molar refractivity (Wildman–Crippen MR) is 67.5 cm³/mol. The van der Waals surface area contributed by atoms with Crippen molar-refractivity contribution >= 4 is 17.5 Å². The van der Waals surface area contributed by atoms with Crippen LogP contribution in [0, 0.1) is 6.92 Å². The summed E-state index contributed by atoms with van der Waals surface area (Å²) in [7, 11) is 0. The average Bonchev–Trinajstić information content (AvgIpc) is 2.38. The number of halogens is 1. The fraction of sp³-hybridized carbons (Fsp3) is 0.462. The number of carbonyl (C=O) groups excluding carboxylic acids is 1. The molecular weight excluding hydrogens is 238 g/mol. The Labute approximate surface area is 106 Å². The first-order valence-electron chi connectivity index (χ1n) is 5.75. The number of morpholine rings is 1. The standard InChI is InChI=1S/C13H16ClNO2/c1-10-4-2-3-5-12(10)13(16)15-6-7-17-11(8-14)9-15/h2-5,11H,6-9H2,1H3. The Morgan fingerprint density at radius 3 is 3.00 bits per heavy atom. The monoisotopic (exact) mass is 253 g/mol. The molecule has 2 rings (SSSR count). The molecule has 0 aliphatic carbocycles. The van der Waals surface area contributed by atoms with E-state index in [-0.39, 0.29) is 12.0 Å². The third kappa shape index (κ3) is 2.79. The highest BCUT2D eigenvalue weighted by Gasteiger charge is 2.24. The Hall–Kier alpha value is -1.06. The van der Waals surface area contributed by atoms with Crippen LogP contribution >= 0.6 is 11.6 Å². The lowest BCUT2D eigenvalue weighted by atomic mass is 10.1. The fourth-order valence-corrected chi connectivity index (χ4v) is 2.17. The van der Waals surface area contributed by atoms with E-state index in [1.165, 1.54) is 0 Å². The van der Waals surface area contributed by atoms with Gasteiger partial charge < -0.3 is 9.64 Å². The first kappa shape index (κ1) is 12.4. The molecule has 4 heteroatoms. The van der Waals surface area contributed by atoms with Gasteiger partial charge in [-0.1, -0.05) is 18.2 Å². The number of benzene rings is 1. The molecule has 17 heavy (non-hydrogen) atoms. The van der Waals surface area contributed by atoms with Crippen molar-refractivity contribution in [2.45, 2.75) is 13.0 Å². The van der Waals surface area contributed by atoms with Gasteiger partial charge in [0.1, 0.15) is 0 Å². The highest BCUT2D eigenvalue weighted by Crippen LogP contribution is 2.14. The Balaban J connectivity index is 2.12. The zero-order valence-electron chi connectivity index (χ0n) is 9.86. The molecule has 0 spiro atoms. The molecule has 1 heterocycles. The highest BCUT2D eigenvalue weighted by atomic mass is 35.5. The third-order valence-electron chi connectivity index (χ3n) is 2.97. The molecule has 1 saturated heterocycles. The van der Waals surface area contributed by atoms with Crippen LogP contribution in [0.3, 0.4) is 0 Å². The molecule has 1 fully saturated rings. The molecule has 0 radical (unpaired) electrons. The first-order chi connectivity index (χ1) is 8.22. The van der Waals surface area contributed by atoms with E-state index in [9.17, 15) is 4.79 Å². The van der Waals surface area contributed by atoms with Crippen molar-refractivity contribution < 1.29 is 9.53 Å². The second-order valence-corrected chi connectivity index (χ2v) is 4.52. The molecule has 1 atom stereocenters. The smallest absolute Gasteiger partial charge is 0.254 e. The number of ether oxygens (including phenoxy) is 1. The minimum Gasteiger partial charge on any atom is -0.373 e. The van der Waals surface area contributed by atoms with Gasteiger partial charge in [0.25, 0.3) is 5.91 Å². The summed E-state index contributed by atoms with van der Waals surface area (Å²) in [6.07, 6.45) is -0.0432. The molecule has 1 aliphatic rings. The summed E-state index contributed by atoms with van der Waals surface area (Å²) in [6, 6.07) is 7.64. The van der Waals surface area contributed by atoms with Crippen LogP contribution in [0.25, 0.3) is 0 Å². The average molecular weight is 254 g/mol. The minimum absolute atomic E-state index is 0.0432. The molecule has 0 saturated carbocycles. The van der Waals surface area contributed by atoms with Gasteiger partial charge in [-0.15, -0.1) is 11.6 Å². The molecule has 92 valence electrons. The van der Waals surface area contributed by atoms with Gasteiger partial charge in [0.2, 0.25) is 0 Å². The van der Waals surface area contributed by atoms with Crippen molar-refractivity contribution in [2.24, 2.45) is 0 Å². The van der Waals surface area contributed by atoms with Crippen LogP contribution in [0.15, 0.2) is 24.3 Å². The molecule has 0 bridgehead atoms. The summed E-state index contributed by atoms with van der Waals surface area (Å²) in [5.74, 6) is 0.499. The number of amides is 1. The maximum absolute atomic E-state index is 12.3. The van der Waals surface area contributed by atoms with Crippen molar-refractivity contribution in [2.75, 3.05) is 25.6 Å². The van der Waals surface area contributed by atoms with Crippen LogP contribution in [0.4, 0.5) is 0 Å². The summed E-state index contributed by atoms with van der Waals surface area (Å²) >= 11 is 5.76. The molecule has 1 unspecified atom stereocenters. The molecule has 1 aromatic rings. The lowest BCUT2D eigenvalue weighted by Gasteiger charge is -2.32. The van der Waals surface area contributed by atoms with Gasteiger partial charge in [0.15, 0.2) is 0 Å². The number of aryl methyl sites for hydroxylation is 1. The zero-order chi connectivity index (χ0) is 12.3. The molecule has 1 aromatic carbocycles. The van der Waals surface area contributed by atoms with Gasteiger partial charge in [-0.25, -0.2) is 0 Å². The molecule has 0 N–H and O–H groups in total. The summed E-state index contributed by atoms with van der Waals surface area (Å²) in [5, 5.41) is 0. The van der Waals surface area contributed by atoms with Crippen LogP contribution in [0.2, 0.25) is 0 Å². The molecular formula is C13H16ClNO2. The van der Waals surface area contributed by atoms with E-state index in [2.05, 4.69) is 0 Å². The fourth-order valence-electron chi connectivity index (χ4n) is 1.98. The minimum atomic E-state index is -0.0432. The van der Waals surface area contributed by atoms with E-state index in [1.54, 1.807) is 0 Å². The lowest BCUT2D eigenvalue weighted by Crippen LogP contribution is -2.46. The van der Waals surface area contributed by atoms with E-state index in [1.807, 2.05) is 36.1 Å². The van der Waals surface area contributed by atoms with Gasteiger partial charge >= 0.3 is 0 Å². The summed E-state index contributed by atoms with van der Waals surface area (Å²) in [5.41, 5.74) is 1.77. The summed E-state index contributed by atoms with van der Waals surface area (Å²) in [6.45, 7) is 3.74. The maximum Gasteiger partial charge on any atom is 0.254 e. The molecule has 1 amide bonds. The number of nitrogens with zero attached hydrogens (tertiary/aromatic N) is 1. The number of rotatable bonds is 2. The van der Waals surface area contributed by atoms with Crippen molar-refractivity contribution in [3.8, 4) is 0 Å². The van der Waals surface area contributed by atoms with E-state index in [4.69, 9.17) is 16.3 Å². The zero-order valence-corrected chi connectivity index (χ0v) is 10.6. The maximum atomic E-state index is 12.3. The van der Waals surface area contributed by atoms with Gasteiger partial charge in [-0.3, -0.25) is 4.79 Å². The molecule has 0 aromatic heterocycles. The van der Waals surface area contributed by atoms with E-state index in [0.717, 1.165) is 11.1 Å².